The summed E-state index contributed by atoms with van der Waals surface area (Å²) in [6.07, 6.45) is 0.409. The van der Waals surface area contributed by atoms with E-state index in [0.29, 0.717) is 12.2 Å². The standard InChI is InChI=1S/C13H15N3O2/c1-9-5-3-4-6-11(9)16-10(2)14-12(15-16)7-8-13(17)18/h3-6H,7-8H2,1-2H3,(H,17,18). The molecule has 0 aliphatic rings. The van der Waals surface area contributed by atoms with Crippen molar-refractivity contribution in [3.8, 4) is 5.69 Å². The number of aryl methyl sites for hydroxylation is 3. The Labute approximate surface area is 105 Å². The van der Waals surface area contributed by atoms with Gasteiger partial charge in [-0.25, -0.2) is 9.67 Å². The summed E-state index contributed by atoms with van der Waals surface area (Å²) in [6.45, 7) is 3.87. The molecule has 1 heterocycles. The fraction of sp³-hybridized carbons (Fsp3) is 0.308. The van der Waals surface area contributed by atoms with Crippen LogP contribution >= 0.6 is 0 Å². The molecule has 0 saturated heterocycles. The minimum absolute atomic E-state index is 0.0528. The highest BCUT2D eigenvalue weighted by Gasteiger charge is 2.10. The van der Waals surface area contributed by atoms with E-state index in [1.54, 1.807) is 4.68 Å². The fourth-order valence-electron chi connectivity index (χ4n) is 1.80. The summed E-state index contributed by atoms with van der Waals surface area (Å²) in [5, 5.41) is 13.0. The van der Waals surface area contributed by atoms with Crippen molar-refractivity contribution in [1.82, 2.24) is 14.8 Å². The van der Waals surface area contributed by atoms with Gasteiger partial charge in [0.25, 0.3) is 0 Å². The van der Waals surface area contributed by atoms with Gasteiger partial charge in [-0.05, 0) is 25.5 Å². The van der Waals surface area contributed by atoms with Gasteiger partial charge in [-0.1, -0.05) is 18.2 Å². The molecule has 1 aromatic carbocycles. The average Bonchev–Trinajstić information content (AvgIpc) is 2.69. The van der Waals surface area contributed by atoms with Crippen LogP contribution in [0.3, 0.4) is 0 Å². The molecule has 2 rings (SSSR count). The van der Waals surface area contributed by atoms with E-state index >= 15 is 0 Å². The van der Waals surface area contributed by atoms with Gasteiger partial charge < -0.3 is 5.11 Å². The van der Waals surface area contributed by atoms with Crippen LogP contribution < -0.4 is 0 Å². The van der Waals surface area contributed by atoms with E-state index < -0.39 is 5.97 Å². The monoisotopic (exact) mass is 245 g/mol. The molecule has 1 aromatic heterocycles. The quantitative estimate of drug-likeness (QED) is 0.893. The smallest absolute Gasteiger partial charge is 0.303 e. The molecular formula is C13H15N3O2. The molecule has 0 amide bonds. The molecule has 0 saturated carbocycles. The molecule has 1 N–H and O–H groups in total. The van der Waals surface area contributed by atoms with E-state index in [4.69, 9.17) is 5.11 Å². The van der Waals surface area contributed by atoms with Crippen molar-refractivity contribution in [1.29, 1.82) is 0 Å². The number of aliphatic carboxylic acids is 1. The number of carboxylic acids is 1. The Morgan fingerprint density at radius 1 is 1.33 bits per heavy atom. The molecule has 0 aliphatic heterocycles. The second-order valence-corrected chi connectivity index (χ2v) is 4.17. The van der Waals surface area contributed by atoms with Crippen molar-refractivity contribution in [2.75, 3.05) is 0 Å². The molecule has 0 unspecified atom stereocenters. The van der Waals surface area contributed by atoms with E-state index in [2.05, 4.69) is 10.1 Å². The van der Waals surface area contributed by atoms with E-state index in [9.17, 15) is 4.79 Å². The highest BCUT2D eigenvalue weighted by molar-refractivity contribution is 5.66. The normalized spacial score (nSPS) is 10.6. The van der Waals surface area contributed by atoms with E-state index in [1.807, 2.05) is 38.1 Å². The average molecular weight is 245 g/mol. The minimum Gasteiger partial charge on any atom is -0.481 e. The van der Waals surface area contributed by atoms with Crippen molar-refractivity contribution in [3.63, 3.8) is 0 Å². The molecule has 2 aromatic rings. The van der Waals surface area contributed by atoms with Crippen LogP contribution in [0.4, 0.5) is 0 Å². The highest BCUT2D eigenvalue weighted by atomic mass is 16.4. The second-order valence-electron chi connectivity index (χ2n) is 4.17. The lowest BCUT2D eigenvalue weighted by Gasteiger charge is -2.05. The summed E-state index contributed by atoms with van der Waals surface area (Å²) in [6, 6.07) is 7.89. The molecule has 18 heavy (non-hydrogen) atoms. The first kappa shape index (κ1) is 12.3. The van der Waals surface area contributed by atoms with Crippen LogP contribution in [0.1, 0.15) is 23.6 Å². The lowest BCUT2D eigenvalue weighted by Crippen LogP contribution is -2.02. The van der Waals surface area contributed by atoms with Crippen molar-refractivity contribution >= 4 is 5.97 Å². The minimum atomic E-state index is -0.833. The van der Waals surface area contributed by atoms with Crippen LogP contribution in [0, 0.1) is 13.8 Å². The Bertz CT molecular complexity index is 575. The maximum absolute atomic E-state index is 10.5. The van der Waals surface area contributed by atoms with Gasteiger partial charge >= 0.3 is 5.97 Å². The predicted octanol–water partition coefficient (Wildman–Crippen LogP) is 1.90. The molecule has 0 atom stereocenters. The van der Waals surface area contributed by atoms with Gasteiger partial charge in [-0.2, -0.15) is 5.10 Å². The SMILES string of the molecule is Cc1ccccc1-n1nc(CCC(=O)O)nc1C. The Morgan fingerprint density at radius 2 is 2.06 bits per heavy atom. The number of hydrogen-bond acceptors (Lipinski definition) is 3. The van der Waals surface area contributed by atoms with E-state index in [0.717, 1.165) is 17.1 Å². The Morgan fingerprint density at radius 3 is 2.72 bits per heavy atom. The zero-order valence-electron chi connectivity index (χ0n) is 10.4. The number of carbonyl (C=O) groups is 1. The van der Waals surface area contributed by atoms with Gasteiger partial charge in [0.2, 0.25) is 0 Å². The van der Waals surface area contributed by atoms with E-state index in [1.165, 1.54) is 0 Å². The Balaban J connectivity index is 2.30. The molecule has 5 heteroatoms. The fourth-order valence-corrected chi connectivity index (χ4v) is 1.80. The van der Waals surface area contributed by atoms with Gasteiger partial charge in [-0.15, -0.1) is 0 Å². The number of hydrogen-bond donors (Lipinski definition) is 1. The third kappa shape index (κ3) is 2.56. The van der Waals surface area contributed by atoms with Gasteiger partial charge in [0.05, 0.1) is 12.1 Å². The number of aromatic nitrogens is 3. The van der Waals surface area contributed by atoms with Gasteiger partial charge in [-0.3, -0.25) is 4.79 Å². The molecule has 0 spiro atoms. The molecular weight excluding hydrogens is 230 g/mol. The van der Waals surface area contributed by atoms with Crippen molar-refractivity contribution in [2.24, 2.45) is 0 Å². The third-order valence-electron chi connectivity index (χ3n) is 2.72. The summed E-state index contributed by atoms with van der Waals surface area (Å²) < 4.78 is 1.76. The van der Waals surface area contributed by atoms with Crippen molar-refractivity contribution < 1.29 is 9.90 Å². The lowest BCUT2D eigenvalue weighted by atomic mass is 10.2. The second kappa shape index (κ2) is 5.00. The zero-order valence-corrected chi connectivity index (χ0v) is 10.4. The molecule has 94 valence electrons. The number of nitrogens with zero attached hydrogens (tertiary/aromatic N) is 3. The summed E-state index contributed by atoms with van der Waals surface area (Å²) in [4.78, 5) is 14.8. The Hall–Kier alpha value is -2.17. The van der Waals surface area contributed by atoms with Gasteiger partial charge in [0, 0.05) is 6.42 Å². The predicted molar refractivity (Wildman–Crippen MR) is 66.8 cm³/mol. The number of benzene rings is 1. The van der Waals surface area contributed by atoms with Gasteiger partial charge in [0.15, 0.2) is 5.82 Å². The first-order valence-corrected chi connectivity index (χ1v) is 5.78. The van der Waals surface area contributed by atoms with E-state index in [-0.39, 0.29) is 6.42 Å². The van der Waals surface area contributed by atoms with Crippen LogP contribution in [0.5, 0.6) is 0 Å². The molecule has 0 radical (unpaired) electrons. The summed E-state index contributed by atoms with van der Waals surface area (Å²) in [7, 11) is 0. The van der Waals surface area contributed by atoms with Crippen molar-refractivity contribution in [3.05, 3.63) is 41.5 Å². The summed E-state index contributed by atoms with van der Waals surface area (Å²) in [5.41, 5.74) is 2.08. The first-order chi connectivity index (χ1) is 8.58. The molecule has 0 bridgehead atoms. The topological polar surface area (TPSA) is 68.0 Å². The van der Waals surface area contributed by atoms with Crippen molar-refractivity contribution in [2.45, 2.75) is 26.7 Å². The van der Waals surface area contributed by atoms with Gasteiger partial charge in [0.1, 0.15) is 5.82 Å². The highest BCUT2D eigenvalue weighted by Crippen LogP contribution is 2.14. The Kier molecular flexibility index (Phi) is 3.41. The maximum atomic E-state index is 10.5. The van der Waals surface area contributed by atoms with Crippen LogP contribution in [0.15, 0.2) is 24.3 Å². The third-order valence-corrected chi connectivity index (χ3v) is 2.72. The number of carboxylic acid groups (broad SMARTS) is 1. The molecule has 5 nitrogen and oxygen atoms in total. The summed E-state index contributed by atoms with van der Waals surface area (Å²) >= 11 is 0. The maximum Gasteiger partial charge on any atom is 0.303 e. The van der Waals surface area contributed by atoms with Crippen LogP contribution in [0.2, 0.25) is 0 Å². The number of para-hydroxylation sites is 1. The largest absolute Gasteiger partial charge is 0.481 e. The lowest BCUT2D eigenvalue weighted by molar-refractivity contribution is -0.137. The zero-order chi connectivity index (χ0) is 13.1. The molecule has 0 fully saturated rings. The van der Waals surface area contributed by atoms with Crippen LogP contribution in [-0.2, 0) is 11.2 Å². The number of rotatable bonds is 4. The first-order valence-electron chi connectivity index (χ1n) is 5.78. The van der Waals surface area contributed by atoms with Crippen LogP contribution in [0.25, 0.3) is 5.69 Å². The molecule has 0 aliphatic carbocycles. The summed E-state index contributed by atoms with van der Waals surface area (Å²) in [5.74, 6) is 0.503. The van der Waals surface area contributed by atoms with Crippen LogP contribution in [-0.4, -0.2) is 25.8 Å².